The van der Waals surface area contributed by atoms with E-state index in [4.69, 9.17) is 0 Å². The van der Waals surface area contributed by atoms with Crippen LogP contribution >= 0.6 is 0 Å². The molecule has 0 heterocycles. The third kappa shape index (κ3) is 7.90. The van der Waals surface area contributed by atoms with Crippen molar-refractivity contribution in [1.29, 1.82) is 0 Å². The van der Waals surface area contributed by atoms with Crippen molar-refractivity contribution >= 4 is 6.16 Å². The Balaban J connectivity index is 3.38. The molecule has 83 valence electrons. The van der Waals surface area contributed by atoms with E-state index in [9.17, 15) is 9.90 Å². The van der Waals surface area contributed by atoms with Crippen molar-refractivity contribution < 1.29 is 14.6 Å². The fourth-order valence-electron chi connectivity index (χ4n) is 1.46. The smallest absolute Gasteiger partial charge is 0.428 e. The maximum absolute atomic E-state index is 10.2. The second-order valence-electron chi connectivity index (χ2n) is 3.60. The Kier molecular flexibility index (Phi) is 8.39. The van der Waals surface area contributed by atoms with Crippen LogP contribution in [0, 0.1) is 0 Å². The summed E-state index contributed by atoms with van der Waals surface area (Å²) < 4.78 is 4.61. The molecule has 0 spiro atoms. The summed E-state index contributed by atoms with van der Waals surface area (Å²) in [5.41, 5.74) is 0. The largest absolute Gasteiger partial charge is 0.550 e. The average Bonchev–Trinajstić information content (AvgIpc) is 2.15. The zero-order chi connectivity index (χ0) is 10.8. The molecular weight excluding hydrogens is 180 g/mol. The van der Waals surface area contributed by atoms with Crippen molar-refractivity contribution in [1.82, 2.24) is 0 Å². The number of hydrogen-bond acceptors (Lipinski definition) is 2. The fourth-order valence-corrected chi connectivity index (χ4v) is 1.46. The molecule has 0 aliphatic rings. The van der Waals surface area contributed by atoms with Crippen LogP contribution in [0.4, 0.5) is 4.79 Å². The first-order chi connectivity index (χ1) is 6.70. The Morgan fingerprint density at radius 1 is 1.14 bits per heavy atom. The number of carbonyl (C=O) groups is 1. The highest BCUT2D eigenvalue weighted by atomic mass is 16.7. The lowest BCUT2D eigenvalue weighted by Crippen LogP contribution is -2.14. The maximum Gasteiger partial charge on any atom is 0.550 e. The Labute approximate surface area is 86.5 Å². The Hall–Kier alpha value is -0.730. The summed E-state index contributed by atoms with van der Waals surface area (Å²) >= 11 is 0. The highest BCUT2D eigenvalue weighted by molar-refractivity contribution is 5.56. The van der Waals surface area contributed by atoms with Crippen molar-refractivity contribution in [3.8, 4) is 0 Å². The van der Waals surface area contributed by atoms with Gasteiger partial charge >= 0.3 is 6.16 Å². The number of hydrogen-bond donors (Lipinski definition) is 0. The monoisotopic (exact) mass is 201 g/mol. The van der Waals surface area contributed by atoms with E-state index in [2.05, 4.69) is 11.7 Å². The number of ether oxygens (including phenoxy) is 1. The van der Waals surface area contributed by atoms with E-state index in [-0.39, 0.29) is 6.10 Å². The van der Waals surface area contributed by atoms with Crippen LogP contribution < -0.4 is 0 Å². The van der Waals surface area contributed by atoms with Gasteiger partial charge in [0.25, 0.3) is 0 Å². The minimum absolute atomic E-state index is 0.165. The molecule has 1 atom stereocenters. The van der Waals surface area contributed by atoms with Crippen molar-refractivity contribution in [2.45, 2.75) is 64.9 Å². The summed E-state index contributed by atoms with van der Waals surface area (Å²) in [4.78, 5) is 10.2. The van der Waals surface area contributed by atoms with E-state index in [1.165, 1.54) is 25.7 Å². The highest BCUT2D eigenvalue weighted by Gasteiger charge is 2.11. The van der Waals surface area contributed by atoms with Gasteiger partial charge in [-0.1, -0.05) is 39.5 Å². The van der Waals surface area contributed by atoms with Crippen LogP contribution in [0.25, 0.3) is 0 Å². The molecule has 1 unspecified atom stereocenters. The summed E-state index contributed by atoms with van der Waals surface area (Å²) in [6.07, 6.45) is 5.94. The molecule has 0 aromatic heterocycles. The van der Waals surface area contributed by atoms with E-state index in [1.807, 2.05) is 6.92 Å². The van der Waals surface area contributed by atoms with Gasteiger partial charge in [-0.05, 0) is 19.3 Å². The Bertz CT molecular complexity index is 145. The zero-order valence-corrected chi connectivity index (χ0v) is 9.25. The molecule has 3 nitrogen and oxygen atoms in total. The molecule has 0 aliphatic carbocycles. The number of rotatable bonds is 8. The van der Waals surface area contributed by atoms with Gasteiger partial charge in [0.15, 0.2) is 0 Å². The number of carbonyl (C=O) groups excluding carboxylic acids is 1. The highest BCUT2D eigenvalue weighted by Crippen LogP contribution is 2.11. The molecule has 0 rings (SSSR count). The first kappa shape index (κ1) is 13.3. The van der Waals surface area contributed by atoms with Crippen molar-refractivity contribution in [2.24, 2.45) is 0 Å². The van der Waals surface area contributed by atoms with Crippen LogP contribution in [-0.2, 0) is 9.84 Å². The molecule has 0 N–H and O–H groups in total. The van der Waals surface area contributed by atoms with Crippen molar-refractivity contribution in [3.63, 3.8) is 0 Å². The van der Waals surface area contributed by atoms with E-state index in [0.29, 0.717) is 0 Å². The molecule has 1 radical (unpaired) electrons. The van der Waals surface area contributed by atoms with Gasteiger partial charge in [-0.3, -0.25) is 0 Å². The molecule has 3 heteroatoms. The third-order valence-electron chi connectivity index (χ3n) is 2.35. The molecule has 0 fully saturated rings. The van der Waals surface area contributed by atoms with E-state index in [1.54, 1.807) is 0 Å². The predicted molar refractivity (Wildman–Crippen MR) is 54.6 cm³/mol. The molecule has 14 heavy (non-hydrogen) atoms. The van der Waals surface area contributed by atoms with Crippen LogP contribution in [0.15, 0.2) is 0 Å². The quantitative estimate of drug-likeness (QED) is 0.444. The van der Waals surface area contributed by atoms with E-state index in [0.717, 1.165) is 19.3 Å². The summed E-state index contributed by atoms with van der Waals surface area (Å²) in [5.74, 6) is 0. The average molecular weight is 201 g/mol. The van der Waals surface area contributed by atoms with Gasteiger partial charge in [-0.15, -0.1) is 0 Å². The predicted octanol–water partition coefficient (Wildman–Crippen LogP) is 3.69. The van der Waals surface area contributed by atoms with Crippen LogP contribution in [0.2, 0.25) is 0 Å². The summed E-state index contributed by atoms with van der Waals surface area (Å²) in [6, 6.07) is 0. The summed E-state index contributed by atoms with van der Waals surface area (Å²) in [6.45, 7) is 4.10. The van der Waals surface area contributed by atoms with Gasteiger partial charge < -0.3 is 4.74 Å². The molecule has 0 aliphatic heterocycles. The standard InChI is InChI=1S/C11H21O3/c1-3-5-6-7-8-9-10(4-2)14-11(12)13/h10H,3-9H2,1-2H3. The minimum Gasteiger partial charge on any atom is -0.428 e. The van der Waals surface area contributed by atoms with E-state index < -0.39 is 6.16 Å². The van der Waals surface area contributed by atoms with Gasteiger partial charge in [0.1, 0.15) is 6.10 Å². The lowest BCUT2D eigenvalue weighted by molar-refractivity contribution is 0.0268. The summed E-state index contributed by atoms with van der Waals surface area (Å²) in [5, 5.41) is 10.2. The fraction of sp³-hybridized carbons (Fsp3) is 0.909. The van der Waals surface area contributed by atoms with Crippen LogP contribution in [0.3, 0.4) is 0 Å². The van der Waals surface area contributed by atoms with E-state index >= 15 is 0 Å². The van der Waals surface area contributed by atoms with Gasteiger partial charge in [0.2, 0.25) is 0 Å². The second-order valence-corrected chi connectivity index (χ2v) is 3.60. The molecule has 0 saturated carbocycles. The summed E-state index contributed by atoms with van der Waals surface area (Å²) in [7, 11) is 0. The lowest BCUT2D eigenvalue weighted by Gasteiger charge is -2.12. The zero-order valence-electron chi connectivity index (χ0n) is 9.25. The first-order valence-corrected chi connectivity index (χ1v) is 5.58. The molecule has 0 aromatic rings. The van der Waals surface area contributed by atoms with Gasteiger partial charge in [0, 0.05) is 0 Å². The second kappa shape index (κ2) is 8.85. The Morgan fingerprint density at radius 3 is 2.29 bits per heavy atom. The molecular formula is C11H21O3. The topological polar surface area (TPSA) is 46.2 Å². The lowest BCUT2D eigenvalue weighted by atomic mass is 10.1. The van der Waals surface area contributed by atoms with Gasteiger partial charge in [-0.25, -0.2) is 0 Å². The van der Waals surface area contributed by atoms with Gasteiger partial charge in [-0.2, -0.15) is 9.90 Å². The Morgan fingerprint density at radius 2 is 1.79 bits per heavy atom. The maximum atomic E-state index is 10.2. The minimum atomic E-state index is -1.40. The van der Waals surface area contributed by atoms with Crippen LogP contribution in [0.5, 0.6) is 0 Å². The normalized spacial score (nSPS) is 12.4. The van der Waals surface area contributed by atoms with Gasteiger partial charge in [0.05, 0.1) is 0 Å². The van der Waals surface area contributed by atoms with Crippen LogP contribution in [0.1, 0.15) is 58.8 Å². The molecule has 0 bridgehead atoms. The molecule has 0 aromatic carbocycles. The third-order valence-corrected chi connectivity index (χ3v) is 2.35. The molecule has 0 saturated heterocycles. The molecule has 0 amide bonds. The van der Waals surface area contributed by atoms with Crippen LogP contribution in [-0.4, -0.2) is 12.3 Å². The number of unbranched alkanes of at least 4 members (excludes halogenated alkanes) is 4. The van der Waals surface area contributed by atoms with Crippen molar-refractivity contribution in [3.05, 3.63) is 0 Å². The van der Waals surface area contributed by atoms with Crippen molar-refractivity contribution in [2.75, 3.05) is 0 Å². The SMILES string of the molecule is CCCCCCCC(CC)OC([O])=O. The first-order valence-electron chi connectivity index (χ1n) is 5.58.